The number of rotatable bonds is 1. The van der Waals surface area contributed by atoms with Crippen LogP contribution in [0.25, 0.3) is 21.5 Å². The molecule has 3 aromatic rings. The van der Waals surface area contributed by atoms with Crippen molar-refractivity contribution >= 4 is 21.5 Å². The predicted octanol–water partition coefficient (Wildman–Crippen LogP) is 6.20. The average Bonchev–Trinajstić information content (AvgIpc) is 2.43. The van der Waals surface area contributed by atoms with Crippen LogP contribution in [0.15, 0.2) is 42.5 Å². The molecule has 0 heteroatoms. The maximum atomic E-state index is 2.40. The van der Waals surface area contributed by atoms with Crippen molar-refractivity contribution in [2.45, 2.75) is 41.0 Å². The molecule has 0 unspecified atom stereocenters. The first kappa shape index (κ1) is 14.1. The van der Waals surface area contributed by atoms with Gasteiger partial charge in [0.2, 0.25) is 0 Å². The van der Waals surface area contributed by atoms with Gasteiger partial charge in [0.1, 0.15) is 0 Å². The van der Waals surface area contributed by atoms with E-state index in [2.05, 4.69) is 77.1 Å². The molecule has 0 bridgehead atoms. The van der Waals surface area contributed by atoms with E-state index in [9.17, 15) is 0 Å². The molecule has 0 aliphatic heterocycles. The third kappa shape index (κ3) is 2.55. The van der Waals surface area contributed by atoms with Crippen LogP contribution in [0.2, 0.25) is 0 Å². The first-order valence-electron chi connectivity index (χ1n) is 7.77. The van der Waals surface area contributed by atoms with E-state index in [0.29, 0.717) is 5.41 Å². The van der Waals surface area contributed by atoms with E-state index in [1.165, 1.54) is 38.2 Å². The summed E-state index contributed by atoms with van der Waals surface area (Å²) in [6.45, 7) is 11.4. The Labute approximate surface area is 127 Å². The minimum atomic E-state index is 0.327. The lowest BCUT2D eigenvalue weighted by atomic mass is 9.86. The molecule has 0 heterocycles. The lowest BCUT2D eigenvalue weighted by Crippen LogP contribution is -2.09. The highest BCUT2D eigenvalue weighted by Gasteiger charge is 2.13. The fourth-order valence-electron chi connectivity index (χ4n) is 3.38. The maximum Gasteiger partial charge on any atom is -0.0143 e. The highest BCUT2D eigenvalue weighted by atomic mass is 14.2. The summed E-state index contributed by atoms with van der Waals surface area (Å²) in [5, 5.41) is 5.57. The number of hydrogen-bond acceptors (Lipinski definition) is 0. The van der Waals surface area contributed by atoms with Crippen molar-refractivity contribution in [2.24, 2.45) is 5.41 Å². The van der Waals surface area contributed by atoms with Gasteiger partial charge in [-0.25, -0.2) is 0 Å². The van der Waals surface area contributed by atoms with Crippen molar-refractivity contribution in [3.8, 4) is 0 Å². The molecule has 0 atom stereocenters. The Hall–Kier alpha value is -1.82. The van der Waals surface area contributed by atoms with Gasteiger partial charge < -0.3 is 0 Å². The van der Waals surface area contributed by atoms with E-state index in [4.69, 9.17) is 0 Å². The van der Waals surface area contributed by atoms with E-state index < -0.39 is 0 Å². The van der Waals surface area contributed by atoms with Crippen LogP contribution in [0.1, 0.15) is 37.5 Å². The molecule has 0 saturated carbocycles. The topological polar surface area (TPSA) is 0 Å². The van der Waals surface area contributed by atoms with Crippen molar-refractivity contribution in [1.82, 2.24) is 0 Å². The molecular weight excluding hydrogens is 252 g/mol. The summed E-state index contributed by atoms with van der Waals surface area (Å²) in [5.74, 6) is 0. The van der Waals surface area contributed by atoms with Gasteiger partial charge in [0.15, 0.2) is 0 Å². The fraction of sp³-hybridized carbons (Fsp3) is 0.333. The lowest BCUT2D eigenvalue weighted by molar-refractivity contribution is 0.411. The maximum absolute atomic E-state index is 2.40. The standard InChI is InChI=1S/C21H24/c1-14-17-8-6-7-9-18(17)15(2)20-12-16(10-11-19(14)20)13-21(3,4)5/h6-12H,13H2,1-5H3. The Balaban J connectivity index is 2.30. The molecule has 3 aromatic carbocycles. The molecule has 0 amide bonds. The summed E-state index contributed by atoms with van der Waals surface area (Å²) in [6.07, 6.45) is 1.12. The molecule has 0 aliphatic carbocycles. The van der Waals surface area contributed by atoms with Crippen molar-refractivity contribution in [3.63, 3.8) is 0 Å². The molecule has 108 valence electrons. The van der Waals surface area contributed by atoms with Crippen LogP contribution >= 0.6 is 0 Å². The van der Waals surface area contributed by atoms with Gasteiger partial charge in [0.25, 0.3) is 0 Å². The van der Waals surface area contributed by atoms with Crippen LogP contribution in [0.4, 0.5) is 0 Å². The third-order valence-electron chi connectivity index (χ3n) is 4.36. The second kappa shape index (κ2) is 4.87. The van der Waals surface area contributed by atoms with Crippen molar-refractivity contribution in [3.05, 3.63) is 59.2 Å². The van der Waals surface area contributed by atoms with Crippen LogP contribution in [0, 0.1) is 19.3 Å². The van der Waals surface area contributed by atoms with Crippen LogP contribution in [-0.2, 0) is 6.42 Å². The minimum Gasteiger partial charge on any atom is -0.0616 e. The summed E-state index contributed by atoms with van der Waals surface area (Å²) < 4.78 is 0. The second-order valence-electron chi connectivity index (χ2n) is 7.41. The van der Waals surface area contributed by atoms with Gasteiger partial charge in [-0.2, -0.15) is 0 Å². The molecule has 0 aliphatic rings. The molecule has 3 rings (SSSR count). The molecule has 0 radical (unpaired) electrons. The van der Waals surface area contributed by atoms with Gasteiger partial charge in [0, 0.05) is 0 Å². The summed E-state index contributed by atoms with van der Waals surface area (Å²) in [5.41, 5.74) is 4.57. The monoisotopic (exact) mass is 276 g/mol. The van der Waals surface area contributed by atoms with E-state index in [-0.39, 0.29) is 0 Å². The van der Waals surface area contributed by atoms with Gasteiger partial charge in [-0.1, -0.05) is 63.2 Å². The fourth-order valence-corrected chi connectivity index (χ4v) is 3.38. The quantitative estimate of drug-likeness (QED) is 0.464. The Morgan fingerprint density at radius 2 is 1.24 bits per heavy atom. The van der Waals surface area contributed by atoms with Gasteiger partial charge in [0.05, 0.1) is 0 Å². The highest BCUT2D eigenvalue weighted by molar-refractivity contribution is 6.05. The van der Waals surface area contributed by atoms with Crippen molar-refractivity contribution < 1.29 is 0 Å². The normalized spacial score (nSPS) is 12.2. The Bertz CT molecular complexity index is 817. The van der Waals surface area contributed by atoms with Crippen LogP contribution in [0.5, 0.6) is 0 Å². The Morgan fingerprint density at radius 1 is 0.714 bits per heavy atom. The number of benzene rings is 3. The third-order valence-corrected chi connectivity index (χ3v) is 4.36. The molecule has 21 heavy (non-hydrogen) atoms. The summed E-state index contributed by atoms with van der Waals surface area (Å²) in [7, 11) is 0. The lowest BCUT2D eigenvalue weighted by Gasteiger charge is -2.19. The van der Waals surface area contributed by atoms with Gasteiger partial charge in [-0.15, -0.1) is 0 Å². The number of hydrogen-bond donors (Lipinski definition) is 0. The van der Waals surface area contributed by atoms with E-state index in [1.54, 1.807) is 0 Å². The first-order valence-corrected chi connectivity index (χ1v) is 7.77. The second-order valence-corrected chi connectivity index (χ2v) is 7.41. The van der Waals surface area contributed by atoms with Crippen LogP contribution in [0.3, 0.4) is 0 Å². The SMILES string of the molecule is Cc1c2ccccc2c(C)c2cc(CC(C)(C)C)ccc12. The highest BCUT2D eigenvalue weighted by Crippen LogP contribution is 2.33. The van der Waals surface area contributed by atoms with Crippen LogP contribution in [-0.4, -0.2) is 0 Å². The summed E-state index contributed by atoms with van der Waals surface area (Å²) in [4.78, 5) is 0. The smallest absolute Gasteiger partial charge is 0.0143 e. The average molecular weight is 276 g/mol. The zero-order valence-corrected chi connectivity index (χ0v) is 13.7. The number of aryl methyl sites for hydroxylation is 2. The first-order chi connectivity index (χ1) is 9.87. The van der Waals surface area contributed by atoms with Gasteiger partial charge in [-0.05, 0) is 63.9 Å². The minimum absolute atomic E-state index is 0.327. The van der Waals surface area contributed by atoms with E-state index in [1.807, 2.05) is 0 Å². The molecule has 0 saturated heterocycles. The van der Waals surface area contributed by atoms with E-state index in [0.717, 1.165) is 6.42 Å². The molecule has 0 spiro atoms. The Kier molecular flexibility index (Phi) is 3.28. The zero-order valence-electron chi connectivity index (χ0n) is 13.7. The molecule has 0 nitrogen and oxygen atoms in total. The van der Waals surface area contributed by atoms with Gasteiger partial charge >= 0.3 is 0 Å². The van der Waals surface area contributed by atoms with E-state index >= 15 is 0 Å². The zero-order chi connectivity index (χ0) is 15.2. The molecular formula is C21H24. The van der Waals surface area contributed by atoms with Crippen LogP contribution < -0.4 is 0 Å². The largest absolute Gasteiger partial charge is 0.0616 e. The summed E-state index contributed by atoms with van der Waals surface area (Å²) in [6, 6.07) is 15.8. The van der Waals surface area contributed by atoms with Crippen molar-refractivity contribution in [1.29, 1.82) is 0 Å². The van der Waals surface area contributed by atoms with Gasteiger partial charge in [-0.3, -0.25) is 0 Å². The molecule has 0 fully saturated rings. The summed E-state index contributed by atoms with van der Waals surface area (Å²) >= 11 is 0. The molecule has 0 N–H and O–H groups in total. The Morgan fingerprint density at radius 3 is 1.81 bits per heavy atom. The number of fused-ring (bicyclic) bond motifs is 2. The molecule has 0 aromatic heterocycles. The van der Waals surface area contributed by atoms with Crippen molar-refractivity contribution in [2.75, 3.05) is 0 Å². The predicted molar refractivity (Wildman–Crippen MR) is 94.1 cm³/mol.